The zero-order valence-electron chi connectivity index (χ0n) is 11.1. The van der Waals surface area contributed by atoms with E-state index in [1.807, 2.05) is 6.92 Å². The molecule has 0 amide bonds. The molecule has 0 aliphatic rings. The van der Waals surface area contributed by atoms with Crippen LogP contribution >= 0.6 is 23.1 Å². The third kappa shape index (κ3) is 3.58. The Kier molecular flexibility index (Phi) is 4.91. The summed E-state index contributed by atoms with van der Waals surface area (Å²) in [6.45, 7) is 2.60. The van der Waals surface area contributed by atoms with E-state index >= 15 is 0 Å². The fraction of sp³-hybridized carbons (Fsp3) is 0.364. The first-order valence-electron chi connectivity index (χ1n) is 6.05. The van der Waals surface area contributed by atoms with Crippen molar-refractivity contribution in [2.75, 3.05) is 5.75 Å². The second-order valence-electron chi connectivity index (χ2n) is 4.04. The summed E-state index contributed by atoms with van der Waals surface area (Å²) >= 11 is 2.11. The standard InChI is InChI=1S/C11H12N4O4S2/c1-2-5-14-10(7-3-4-8(21-7)15(18)19)12-13-11(14)20-6-9(16)17/h3-4H,2,5-6H2,1H3,(H,16,17). The van der Waals surface area contributed by atoms with E-state index in [-0.39, 0.29) is 10.8 Å². The van der Waals surface area contributed by atoms with Crippen LogP contribution in [0.3, 0.4) is 0 Å². The Bertz CT molecular complexity index is 667. The first kappa shape index (κ1) is 15.4. The number of carbonyl (C=O) groups is 1. The molecule has 0 unspecified atom stereocenters. The van der Waals surface area contributed by atoms with Gasteiger partial charge in [0.1, 0.15) is 0 Å². The largest absolute Gasteiger partial charge is 0.481 e. The lowest BCUT2D eigenvalue weighted by Gasteiger charge is -2.06. The van der Waals surface area contributed by atoms with Crippen LogP contribution in [0.2, 0.25) is 0 Å². The zero-order valence-corrected chi connectivity index (χ0v) is 12.7. The van der Waals surface area contributed by atoms with E-state index in [9.17, 15) is 14.9 Å². The number of hydrogen-bond acceptors (Lipinski definition) is 7. The van der Waals surface area contributed by atoms with E-state index in [1.54, 1.807) is 10.6 Å². The third-order valence-corrected chi connectivity index (χ3v) is 4.47. The van der Waals surface area contributed by atoms with Gasteiger partial charge in [0.2, 0.25) is 0 Å². The van der Waals surface area contributed by atoms with Crippen molar-refractivity contribution in [2.24, 2.45) is 0 Å². The third-order valence-electron chi connectivity index (χ3n) is 2.48. The Morgan fingerprint density at radius 1 is 1.52 bits per heavy atom. The van der Waals surface area contributed by atoms with Gasteiger partial charge in [0, 0.05) is 12.6 Å². The minimum Gasteiger partial charge on any atom is -0.481 e. The van der Waals surface area contributed by atoms with Crippen LogP contribution in [0.1, 0.15) is 13.3 Å². The van der Waals surface area contributed by atoms with E-state index in [0.717, 1.165) is 29.5 Å². The number of carboxylic acids is 1. The molecule has 1 N–H and O–H groups in total. The number of thiophene rings is 1. The number of carboxylic acid groups (broad SMARTS) is 1. The molecule has 2 aromatic rings. The molecule has 2 rings (SSSR count). The van der Waals surface area contributed by atoms with Gasteiger partial charge in [0.25, 0.3) is 0 Å². The average Bonchev–Trinajstić information content (AvgIpc) is 3.03. The first-order valence-corrected chi connectivity index (χ1v) is 7.85. The predicted molar refractivity (Wildman–Crippen MR) is 78.6 cm³/mol. The Hall–Kier alpha value is -1.94. The normalized spacial score (nSPS) is 10.7. The minimum absolute atomic E-state index is 0.0378. The molecule has 2 heterocycles. The number of nitrogens with zero attached hydrogens (tertiary/aromatic N) is 4. The summed E-state index contributed by atoms with van der Waals surface area (Å²) in [5, 5.41) is 28.0. The van der Waals surface area contributed by atoms with Crippen molar-refractivity contribution in [3.05, 3.63) is 22.2 Å². The van der Waals surface area contributed by atoms with Crippen molar-refractivity contribution in [3.8, 4) is 10.7 Å². The smallest absolute Gasteiger partial charge is 0.324 e. The lowest BCUT2D eigenvalue weighted by Crippen LogP contribution is -2.04. The van der Waals surface area contributed by atoms with Crippen molar-refractivity contribution in [1.29, 1.82) is 0 Å². The van der Waals surface area contributed by atoms with Crippen LogP contribution < -0.4 is 0 Å². The van der Waals surface area contributed by atoms with Gasteiger partial charge in [-0.15, -0.1) is 10.2 Å². The van der Waals surface area contributed by atoms with Gasteiger partial charge in [-0.3, -0.25) is 14.9 Å². The SMILES string of the molecule is CCCn1c(SCC(=O)O)nnc1-c1ccc([N+](=O)[O-])s1. The molecule has 0 saturated heterocycles. The molecule has 0 saturated carbocycles. The van der Waals surface area contributed by atoms with Crippen molar-refractivity contribution in [1.82, 2.24) is 14.8 Å². The molecule has 0 atom stereocenters. The van der Waals surface area contributed by atoms with E-state index in [4.69, 9.17) is 5.11 Å². The summed E-state index contributed by atoms with van der Waals surface area (Å²) < 4.78 is 1.79. The van der Waals surface area contributed by atoms with E-state index in [1.165, 1.54) is 6.07 Å². The van der Waals surface area contributed by atoms with Crippen LogP contribution in [0.5, 0.6) is 0 Å². The molecule has 10 heteroatoms. The molecule has 0 fully saturated rings. The number of nitro groups is 1. The minimum atomic E-state index is -0.931. The topological polar surface area (TPSA) is 111 Å². The highest BCUT2D eigenvalue weighted by Gasteiger charge is 2.19. The first-order chi connectivity index (χ1) is 10.0. The molecule has 0 aliphatic carbocycles. The summed E-state index contributed by atoms with van der Waals surface area (Å²) in [6, 6.07) is 3.06. The van der Waals surface area contributed by atoms with Gasteiger partial charge >= 0.3 is 11.0 Å². The van der Waals surface area contributed by atoms with Gasteiger partial charge in [0.05, 0.1) is 15.6 Å². The lowest BCUT2D eigenvalue weighted by atomic mass is 10.4. The van der Waals surface area contributed by atoms with Crippen LogP contribution in [0.15, 0.2) is 17.3 Å². The highest BCUT2D eigenvalue weighted by Crippen LogP contribution is 2.33. The molecule has 0 aliphatic heterocycles. The maximum atomic E-state index is 10.7. The Morgan fingerprint density at radius 2 is 2.29 bits per heavy atom. The van der Waals surface area contributed by atoms with Gasteiger partial charge in [-0.25, -0.2) is 0 Å². The van der Waals surface area contributed by atoms with Gasteiger partial charge in [-0.2, -0.15) is 0 Å². The van der Waals surface area contributed by atoms with Gasteiger partial charge in [0.15, 0.2) is 11.0 Å². The fourth-order valence-electron chi connectivity index (χ4n) is 1.68. The summed E-state index contributed by atoms with van der Waals surface area (Å²) in [7, 11) is 0. The van der Waals surface area contributed by atoms with Gasteiger partial charge in [-0.05, 0) is 12.5 Å². The van der Waals surface area contributed by atoms with E-state index in [0.29, 0.717) is 22.4 Å². The van der Waals surface area contributed by atoms with Crippen LogP contribution in [0.4, 0.5) is 5.00 Å². The summed E-state index contributed by atoms with van der Waals surface area (Å²) in [5.74, 6) is -0.505. The summed E-state index contributed by atoms with van der Waals surface area (Å²) in [4.78, 5) is 21.6. The number of rotatable bonds is 7. The molecular formula is C11H12N4O4S2. The molecule has 21 heavy (non-hydrogen) atoms. The monoisotopic (exact) mass is 328 g/mol. The molecule has 0 radical (unpaired) electrons. The molecule has 112 valence electrons. The molecule has 2 aromatic heterocycles. The maximum Gasteiger partial charge on any atom is 0.324 e. The predicted octanol–water partition coefficient (Wildman–Crippen LogP) is 2.50. The summed E-state index contributed by atoms with van der Waals surface area (Å²) in [5.41, 5.74) is 0. The van der Waals surface area contributed by atoms with Crippen molar-refractivity contribution < 1.29 is 14.8 Å². The highest BCUT2D eigenvalue weighted by atomic mass is 32.2. The van der Waals surface area contributed by atoms with Gasteiger partial charge in [-0.1, -0.05) is 30.0 Å². The van der Waals surface area contributed by atoms with Gasteiger partial charge < -0.3 is 9.67 Å². The number of thioether (sulfide) groups is 1. The number of aromatic nitrogens is 3. The number of aliphatic carboxylic acids is 1. The molecular weight excluding hydrogens is 316 g/mol. The van der Waals surface area contributed by atoms with Crippen molar-refractivity contribution in [3.63, 3.8) is 0 Å². The Morgan fingerprint density at radius 3 is 2.86 bits per heavy atom. The molecule has 8 nitrogen and oxygen atoms in total. The zero-order chi connectivity index (χ0) is 15.4. The Balaban J connectivity index is 2.33. The summed E-state index contributed by atoms with van der Waals surface area (Å²) in [6.07, 6.45) is 0.819. The highest BCUT2D eigenvalue weighted by molar-refractivity contribution is 7.99. The van der Waals surface area contributed by atoms with Crippen LogP contribution in [0, 0.1) is 10.1 Å². The maximum absolute atomic E-state index is 10.7. The average molecular weight is 328 g/mol. The van der Waals surface area contributed by atoms with Crippen LogP contribution in [0.25, 0.3) is 10.7 Å². The van der Waals surface area contributed by atoms with E-state index < -0.39 is 10.9 Å². The second-order valence-corrected chi connectivity index (χ2v) is 6.04. The fourth-order valence-corrected chi connectivity index (χ4v) is 3.17. The molecule has 0 spiro atoms. The van der Waals surface area contributed by atoms with Crippen molar-refractivity contribution >= 4 is 34.1 Å². The Labute approximate surface area is 128 Å². The van der Waals surface area contributed by atoms with E-state index in [2.05, 4.69) is 10.2 Å². The van der Waals surface area contributed by atoms with Crippen molar-refractivity contribution in [2.45, 2.75) is 25.0 Å². The van der Waals surface area contributed by atoms with Crippen LogP contribution in [-0.4, -0.2) is 36.5 Å². The van der Waals surface area contributed by atoms with Crippen LogP contribution in [-0.2, 0) is 11.3 Å². The molecule has 0 bridgehead atoms. The molecule has 0 aromatic carbocycles. The number of hydrogen-bond donors (Lipinski definition) is 1. The quantitative estimate of drug-likeness (QED) is 0.472. The second kappa shape index (κ2) is 6.68. The lowest BCUT2D eigenvalue weighted by molar-refractivity contribution is -0.380.